The van der Waals surface area contributed by atoms with Crippen LogP contribution in [0, 0.1) is 0 Å². The Kier molecular flexibility index (Phi) is 0.776. The molecular weight excluding hydrogens is 126 g/mol. The van der Waals surface area contributed by atoms with Gasteiger partial charge >= 0.3 is 0 Å². The Morgan fingerprint density at radius 2 is 2.20 bits per heavy atom. The van der Waals surface area contributed by atoms with Gasteiger partial charge < -0.3 is 10.1 Å². The van der Waals surface area contributed by atoms with Gasteiger partial charge in [0, 0.05) is 17.1 Å². The van der Waals surface area contributed by atoms with Crippen LogP contribution in [-0.2, 0) is 0 Å². The predicted molar refractivity (Wildman–Crippen MR) is 40.0 cm³/mol. The van der Waals surface area contributed by atoms with Gasteiger partial charge in [-0.25, -0.2) is 0 Å². The Balaban J connectivity index is 2.92. The smallest absolute Gasteiger partial charge is 0.140 e. The maximum Gasteiger partial charge on any atom is 0.140 e. The van der Waals surface area contributed by atoms with Crippen LogP contribution in [0.3, 0.4) is 0 Å². The third-order valence-electron chi connectivity index (χ3n) is 1.50. The van der Waals surface area contributed by atoms with Crippen LogP contribution in [0.1, 0.15) is 1.37 Å². The lowest BCUT2D eigenvalue weighted by molar-refractivity contribution is 0.481. The van der Waals surface area contributed by atoms with Gasteiger partial charge in [0.2, 0.25) is 0 Å². The van der Waals surface area contributed by atoms with Gasteiger partial charge in [0.1, 0.15) is 5.75 Å². The average Bonchev–Trinajstić information content (AvgIpc) is 2.30. The summed E-state index contributed by atoms with van der Waals surface area (Å²) in [6.07, 6.45) is 0.0752. The van der Waals surface area contributed by atoms with Gasteiger partial charge in [-0.3, -0.25) is 0 Å². The Labute approximate surface area is 59.5 Å². The molecule has 0 atom stereocenters. The van der Waals surface area contributed by atoms with Crippen molar-refractivity contribution in [3.63, 3.8) is 0 Å². The number of aromatic nitrogens is 1. The lowest BCUT2D eigenvalue weighted by atomic mass is 10.2. The van der Waals surface area contributed by atoms with E-state index in [2.05, 4.69) is 4.98 Å². The van der Waals surface area contributed by atoms with Crippen LogP contribution >= 0.6 is 0 Å². The van der Waals surface area contributed by atoms with Crippen molar-refractivity contribution in [2.24, 2.45) is 0 Å². The minimum absolute atomic E-state index is 0.0283. The second-order valence-electron chi connectivity index (χ2n) is 2.14. The van der Waals surface area contributed by atoms with Gasteiger partial charge in [-0.1, -0.05) is 12.1 Å². The number of fused-ring (bicyclic) bond motifs is 1. The fourth-order valence-electron chi connectivity index (χ4n) is 0.992. The van der Waals surface area contributed by atoms with E-state index in [4.69, 9.17) is 1.37 Å². The van der Waals surface area contributed by atoms with E-state index in [1.165, 1.54) is 0 Å². The molecule has 1 heterocycles. The van der Waals surface area contributed by atoms with Crippen molar-refractivity contribution in [1.29, 1.82) is 0 Å². The van der Waals surface area contributed by atoms with Crippen LogP contribution in [0.25, 0.3) is 10.9 Å². The summed E-state index contributed by atoms with van der Waals surface area (Å²) in [4.78, 5) is 2.74. The summed E-state index contributed by atoms with van der Waals surface area (Å²) < 4.78 is 7.24. The molecule has 0 aliphatic rings. The molecule has 2 aromatic rings. The molecule has 50 valence electrons. The van der Waals surface area contributed by atoms with E-state index >= 15 is 0 Å². The zero-order chi connectivity index (χ0) is 7.84. The minimum atomic E-state index is 0.0283. The lowest BCUT2D eigenvalue weighted by Crippen LogP contribution is -1.62. The number of H-pyrrole nitrogens is 1. The molecule has 0 saturated heterocycles. The maximum atomic E-state index is 9.28. The Morgan fingerprint density at radius 3 is 3.00 bits per heavy atom. The van der Waals surface area contributed by atoms with Crippen LogP contribution in [0.15, 0.2) is 30.4 Å². The van der Waals surface area contributed by atoms with Gasteiger partial charge in [0.05, 0.1) is 1.37 Å². The summed E-state index contributed by atoms with van der Waals surface area (Å²) in [7, 11) is 0. The van der Waals surface area contributed by atoms with Gasteiger partial charge in [-0.05, 0) is 12.1 Å². The summed E-state index contributed by atoms with van der Waals surface area (Å²) in [5, 5.41) is 9.99. The highest BCUT2D eigenvalue weighted by Crippen LogP contribution is 2.22. The number of benzene rings is 1. The minimum Gasteiger partial charge on any atom is -0.506 e. The van der Waals surface area contributed by atoms with Gasteiger partial charge in [0.25, 0.3) is 0 Å². The van der Waals surface area contributed by atoms with E-state index in [0.717, 1.165) is 5.52 Å². The number of nitrogens with one attached hydrogen (secondary N) is 1. The number of aromatic hydroxyl groups is 1. The SMILES string of the molecule is [2H]c1[nH]c2ccccc2c1O. The quantitative estimate of drug-likeness (QED) is 0.567. The molecule has 0 aliphatic heterocycles. The van der Waals surface area contributed by atoms with Crippen molar-refractivity contribution in [2.75, 3.05) is 0 Å². The van der Waals surface area contributed by atoms with Crippen molar-refractivity contribution < 1.29 is 6.48 Å². The molecule has 0 unspecified atom stereocenters. The molecule has 2 rings (SSSR count). The number of para-hydroxylation sites is 1. The monoisotopic (exact) mass is 134 g/mol. The first-order valence-corrected chi connectivity index (χ1v) is 3.05. The van der Waals surface area contributed by atoms with Crippen LogP contribution in [0.4, 0.5) is 0 Å². The summed E-state index contributed by atoms with van der Waals surface area (Å²) in [6, 6.07) is 7.29. The van der Waals surface area contributed by atoms with E-state index in [1.807, 2.05) is 18.2 Å². The molecule has 2 nitrogen and oxygen atoms in total. The zero-order valence-corrected chi connectivity index (χ0v) is 5.26. The van der Waals surface area contributed by atoms with E-state index in [1.54, 1.807) is 6.07 Å². The molecular formula is C8H7NO. The van der Waals surface area contributed by atoms with Gasteiger partial charge in [0.15, 0.2) is 0 Å². The largest absolute Gasteiger partial charge is 0.506 e. The standard InChI is InChI=1S/C8H7NO/c10-8-5-9-7-4-2-1-3-6(7)8/h1-5,9-10H/i5D. The first-order chi connectivity index (χ1) is 5.29. The molecule has 10 heavy (non-hydrogen) atoms. The van der Waals surface area contributed by atoms with E-state index < -0.39 is 0 Å². The molecule has 0 bridgehead atoms. The van der Waals surface area contributed by atoms with Crippen molar-refractivity contribution in [1.82, 2.24) is 4.98 Å². The molecule has 0 aliphatic carbocycles. The van der Waals surface area contributed by atoms with E-state index in [0.29, 0.717) is 5.39 Å². The predicted octanol–water partition coefficient (Wildman–Crippen LogP) is 1.87. The fourth-order valence-corrected chi connectivity index (χ4v) is 0.992. The molecule has 0 radical (unpaired) electrons. The third kappa shape index (κ3) is 0.589. The molecule has 1 aromatic carbocycles. The summed E-state index contributed by atoms with van der Waals surface area (Å²) in [6.45, 7) is 0. The summed E-state index contributed by atoms with van der Waals surface area (Å²) in [5.74, 6) is 0.0283. The Bertz CT molecular complexity index is 394. The third-order valence-corrected chi connectivity index (χ3v) is 1.50. The molecule has 2 heteroatoms. The molecule has 2 N–H and O–H groups in total. The number of hydrogen-bond donors (Lipinski definition) is 2. The lowest BCUT2D eigenvalue weighted by Gasteiger charge is -1.86. The topological polar surface area (TPSA) is 36.0 Å². The second kappa shape index (κ2) is 1.77. The first kappa shape index (κ1) is 4.39. The van der Waals surface area contributed by atoms with E-state index in [9.17, 15) is 5.11 Å². The summed E-state index contributed by atoms with van der Waals surface area (Å²) >= 11 is 0. The van der Waals surface area contributed by atoms with Gasteiger partial charge in [-0.15, -0.1) is 0 Å². The first-order valence-electron chi connectivity index (χ1n) is 3.55. The molecule has 0 spiro atoms. The van der Waals surface area contributed by atoms with Crippen molar-refractivity contribution in [2.45, 2.75) is 0 Å². The molecule has 0 fully saturated rings. The highest BCUT2D eigenvalue weighted by molar-refractivity contribution is 5.85. The maximum absolute atomic E-state index is 9.28. The highest BCUT2D eigenvalue weighted by atomic mass is 16.3. The van der Waals surface area contributed by atoms with Crippen LogP contribution in [0.2, 0.25) is 0 Å². The Hall–Kier alpha value is -1.44. The van der Waals surface area contributed by atoms with Crippen molar-refractivity contribution in [3.05, 3.63) is 30.4 Å². The normalized spacial score (nSPS) is 11.8. The highest BCUT2D eigenvalue weighted by Gasteiger charge is 1.97. The van der Waals surface area contributed by atoms with E-state index in [-0.39, 0.29) is 11.9 Å². The van der Waals surface area contributed by atoms with Crippen molar-refractivity contribution >= 4 is 10.9 Å². The Morgan fingerprint density at radius 1 is 1.40 bits per heavy atom. The van der Waals surface area contributed by atoms with Crippen molar-refractivity contribution in [3.8, 4) is 5.75 Å². The van der Waals surface area contributed by atoms with Crippen LogP contribution in [-0.4, -0.2) is 10.1 Å². The van der Waals surface area contributed by atoms with Crippen LogP contribution in [0.5, 0.6) is 5.75 Å². The number of hydrogen-bond acceptors (Lipinski definition) is 1. The fraction of sp³-hybridized carbons (Fsp3) is 0. The molecule has 0 amide bonds. The molecule has 1 aromatic heterocycles. The average molecular weight is 134 g/mol. The van der Waals surface area contributed by atoms with Crippen LogP contribution < -0.4 is 0 Å². The molecule has 0 saturated carbocycles. The number of aromatic amines is 1. The number of rotatable bonds is 0. The summed E-state index contributed by atoms with van der Waals surface area (Å²) in [5.41, 5.74) is 0.801. The second-order valence-corrected chi connectivity index (χ2v) is 2.14. The zero-order valence-electron chi connectivity index (χ0n) is 6.26. The van der Waals surface area contributed by atoms with Gasteiger partial charge in [-0.2, -0.15) is 0 Å².